The topological polar surface area (TPSA) is 78.7 Å². The van der Waals surface area contributed by atoms with Crippen LogP contribution in [0.4, 0.5) is 5.13 Å². The summed E-state index contributed by atoms with van der Waals surface area (Å²) in [7, 11) is 0. The van der Waals surface area contributed by atoms with E-state index >= 15 is 0 Å². The normalized spacial score (nSPS) is 19.2. The second-order valence-electron chi connectivity index (χ2n) is 8.24. The highest BCUT2D eigenvalue weighted by molar-refractivity contribution is 7.13. The van der Waals surface area contributed by atoms with Crippen LogP contribution in [0.15, 0.2) is 78.3 Å². The van der Waals surface area contributed by atoms with Gasteiger partial charge in [0.2, 0.25) is 11.0 Å². The smallest absolute Gasteiger partial charge is 0.233 e. The minimum Gasteiger partial charge on any atom is -0.300 e. The molecule has 0 unspecified atom stereocenters. The SMILES string of the molecule is C[C@@]1(C(=O)Nc2nncs2)Cc2ccc(C#N)cc2[C@@H]1c1ccc(-c2ccccc2)cc1. The van der Waals surface area contributed by atoms with Gasteiger partial charge in [0.05, 0.1) is 17.0 Å². The van der Waals surface area contributed by atoms with Crippen LogP contribution in [-0.4, -0.2) is 16.1 Å². The highest BCUT2D eigenvalue weighted by atomic mass is 32.1. The molecule has 0 spiro atoms. The molecule has 6 heteroatoms. The molecule has 0 saturated heterocycles. The van der Waals surface area contributed by atoms with Crippen LogP contribution in [0.25, 0.3) is 11.1 Å². The Bertz CT molecular complexity index is 1310. The summed E-state index contributed by atoms with van der Waals surface area (Å²) in [5.41, 5.74) is 6.92. The zero-order valence-corrected chi connectivity index (χ0v) is 18.3. The van der Waals surface area contributed by atoms with E-state index in [-0.39, 0.29) is 11.8 Å². The summed E-state index contributed by atoms with van der Waals surface area (Å²) < 4.78 is 0. The first-order chi connectivity index (χ1) is 15.6. The first kappa shape index (κ1) is 20.1. The molecule has 0 saturated carbocycles. The van der Waals surface area contributed by atoms with Crippen LogP contribution in [0, 0.1) is 16.7 Å². The predicted octanol–water partition coefficient (Wildman–Crippen LogP) is 5.41. The maximum Gasteiger partial charge on any atom is 0.233 e. The molecule has 5 rings (SSSR count). The van der Waals surface area contributed by atoms with Crippen molar-refractivity contribution < 1.29 is 4.79 Å². The Morgan fingerprint density at radius 3 is 2.53 bits per heavy atom. The zero-order chi connectivity index (χ0) is 22.1. The van der Waals surface area contributed by atoms with Gasteiger partial charge in [0.25, 0.3) is 0 Å². The summed E-state index contributed by atoms with van der Waals surface area (Å²) in [4.78, 5) is 13.5. The number of carbonyl (C=O) groups is 1. The maximum absolute atomic E-state index is 13.5. The molecule has 4 aromatic rings. The molecule has 0 bridgehead atoms. The number of nitrogens with zero attached hydrogens (tertiary/aromatic N) is 3. The van der Waals surface area contributed by atoms with Gasteiger partial charge < -0.3 is 5.32 Å². The molecule has 1 amide bonds. The molecule has 1 aliphatic carbocycles. The Labute approximate surface area is 190 Å². The molecular formula is C26H20N4OS. The fourth-order valence-electron chi connectivity index (χ4n) is 4.66. The zero-order valence-electron chi connectivity index (χ0n) is 17.4. The minimum absolute atomic E-state index is 0.0962. The van der Waals surface area contributed by atoms with Crippen molar-refractivity contribution >= 4 is 22.4 Å². The summed E-state index contributed by atoms with van der Waals surface area (Å²) in [6.07, 6.45) is 0.587. The Kier molecular flexibility index (Phi) is 5.04. The molecule has 1 heterocycles. The number of carbonyl (C=O) groups excluding carboxylic acids is 1. The summed E-state index contributed by atoms with van der Waals surface area (Å²) in [6.45, 7) is 1.99. The largest absolute Gasteiger partial charge is 0.300 e. The highest BCUT2D eigenvalue weighted by Gasteiger charge is 2.49. The Morgan fingerprint density at radius 1 is 1.09 bits per heavy atom. The second-order valence-corrected chi connectivity index (χ2v) is 9.07. The van der Waals surface area contributed by atoms with Crippen molar-refractivity contribution in [1.82, 2.24) is 10.2 Å². The number of benzene rings is 3. The van der Waals surface area contributed by atoms with Gasteiger partial charge in [0, 0.05) is 5.92 Å². The first-order valence-electron chi connectivity index (χ1n) is 10.3. The van der Waals surface area contributed by atoms with Gasteiger partial charge in [0.1, 0.15) is 5.51 Å². The lowest BCUT2D eigenvalue weighted by Gasteiger charge is -2.31. The van der Waals surface area contributed by atoms with E-state index in [1.54, 1.807) is 5.51 Å². The number of hydrogen-bond acceptors (Lipinski definition) is 5. The molecule has 2 atom stereocenters. The molecule has 0 aliphatic heterocycles. The molecule has 0 fully saturated rings. The van der Waals surface area contributed by atoms with Crippen LogP contribution in [0.5, 0.6) is 0 Å². The fraction of sp³-hybridized carbons (Fsp3) is 0.154. The lowest BCUT2D eigenvalue weighted by molar-refractivity contribution is -0.125. The number of fused-ring (bicyclic) bond motifs is 1. The van der Waals surface area contributed by atoms with Crippen molar-refractivity contribution in [3.05, 3.63) is 101 Å². The van der Waals surface area contributed by atoms with Crippen LogP contribution in [0.3, 0.4) is 0 Å². The van der Waals surface area contributed by atoms with E-state index < -0.39 is 5.41 Å². The second kappa shape index (κ2) is 8.03. The highest BCUT2D eigenvalue weighted by Crippen LogP contribution is 2.51. The number of rotatable bonds is 4. The molecule has 3 aromatic carbocycles. The molecule has 1 aromatic heterocycles. The van der Waals surface area contributed by atoms with Crippen LogP contribution in [0.2, 0.25) is 0 Å². The molecule has 0 radical (unpaired) electrons. The molecule has 32 heavy (non-hydrogen) atoms. The number of anilines is 1. The summed E-state index contributed by atoms with van der Waals surface area (Å²) >= 11 is 1.30. The van der Waals surface area contributed by atoms with Gasteiger partial charge in [-0.2, -0.15) is 5.26 Å². The van der Waals surface area contributed by atoms with E-state index in [2.05, 4.69) is 58.0 Å². The lowest BCUT2D eigenvalue weighted by Crippen LogP contribution is -2.37. The van der Waals surface area contributed by atoms with Crippen molar-refractivity contribution in [3.8, 4) is 17.2 Å². The third kappa shape index (κ3) is 3.47. The van der Waals surface area contributed by atoms with Gasteiger partial charge in [-0.15, -0.1) is 10.2 Å². The monoisotopic (exact) mass is 436 g/mol. The Balaban J connectivity index is 1.57. The van der Waals surface area contributed by atoms with Crippen LogP contribution >= 0.6 is 11.3 Å². The van der Waals surface area contributed by atoms with Crippen molar-refractivity contribution in [2.24, 2.45) is 5.41 Å². The number of nitrogens with one attached hydrogen (secondary N) is 1. The third-order valence-corrected chi connectivity index (χ3v) is 6.84. The van der Waals surface area contributed by atoms with Crippen LogP contribution in [-0.2, 0) is 11.2 Å². The number of nitriles is 1. The van der Waals surface area contributed by atoms with E-state index in [0.29, 0.717) is 17.1 Å². The molecule has 5 nitrogen and oxygen atoms in total. The minimum atomic E-state index is -0.726. The van der Waals surface area contributed by atoms with Gasteiger partial charge in [-0.3, -0.25) is 4.79 Å². The van der Waals surface area contributed by atoms with Crippen molar-refractivity contribution in [3.63, 3.8) is 0 Å². The van der Waals surface area contributed by atoms with Crippen molar-refractivity contribution in [2.45, 2.75) is 19.3 Å². The van der Waals surface area contributed by atoms with Gasteiger partial charge in [-0.1, -0.05) is 72.0 Å². The van der Waals surface area contributed by atoms with E-state index in [9.17, 15) is 10.1 Å². The quantitative estimate of drug-likeness (QED) is 0.464. The van der Waals surface area contributed by atoms with Gasteiger partial charge >= 0.3 is 0 Å². The molecular weight excluding hydrogens is 416 g/mol. The van der Waals surface area contributed by atoms with E-state index in [0.717, 1.165) is 27.8 Å². The molecule has 1 aliphatic rings. The lowest BCUT2D eigenvalue weighted by atomic mass is 9.73. The van der Waals surface area contributed by atoms with Gasteiger partial charge in [-0.25, -0.2) is 0 Å². The maximum atomic E-state index is 13.5. The average Bonchev–Trinajstić information content (AvgIpc) is 3.45. The van der Waals surface area contributed by atoms with Crippen molar-refractivity contribution in [1.29, 1.82) is 5.26 Å². The number of aromatic nitrogens is 2. The van der Waals surface area contributed by atoms with E-state index in [1.807, 2.05) is 43.3 Å². The Hall–Kier alpha value is -3.82. The van der Waals surface area contributed by atoms with Crippen LogP contribution < -0.4 is 5.32 Å². The average molecular weight is 437 g/mol. The van der Waals surface area contributed by atoms with Crippen molar-refractivity contribution in [2.75, 3.05) is 5.32 Å². The van der Waals surface area contributed by atoms with E-state index in [1.165, 1.54) is 11.3 Å². The Morgan fingerprint density at radius 2 is 1.84 bits per heavy atom. The van der Waals surface area contributed by atoms with Gasteiger partial charge in [0.15, 0.2) is 0 Å². The fourth-order valence-corrected chi connectivity index (χ4v) is 5.10. The predicted molar refractivity (Wildman–Crippen MR) is 125 cm³/mol. The first-order valence-corrected chi connectivity index (χ1v) is 11.2. The van der Waals surface area contributed by atoms with E-state index in [4.69, 9.17) is 0 Å². The van der Waals surface area contributed by atoms with Gasteiger partial charge in [-0.05, 0) is 53.3 Å². The summed E-state index contributed by atoms with van der Waals surface area (Å²) in [5, 5.41) is 20.7. The number of amides is 1. The third-order valence-electron chi connectivity index (χ3n) is 6.23. The van der Waals surface area contributed by atoms with Crippen LogP contribution in [0.1, 0.15) is 35.1 Å². The standard InChI is InChI=1S/C26H20N4OS/c1-26(24(31)29-25-30-28-16-32-25)14-21-8-7-17(15-27)13-22(21)23(26)20-11-9-19(10-12-20)18-5-3-2-4-6-18/h2-13,16,23H,14H2,1H3,(H,29,30,31)/t23-,26+/m0/s1. The summed E-state index contributed by atoms with van der Waals surface area (Å²) in [6, 6.07) is 26.6. The number of hydrogen-bond donors (Lipinski definition) is 1. The molecule has 156 valence electrons. The summed E-state index contributed by atoms with van der Waals surface area (Å²) in [5.74, 6) is -0.273. The molecule has 1 N–H and O–H groups in total.